The first-order valence-corrected chi connectivity index (χ1v) is 7.87. The topological polar surface area (TPSA) is 24.5 Å². The van der Waals surface area contributed by atoms with Gasteiger partial charge in [0.1, 0.15) is 11.9 Å². The molecule has 3 heteroatoms. The fourth-order valence-corrected chi connectivity index (χ4v) is 2.61. The lowest BCUT2D eigenvalue weighted by molar-refractivity contribution is 0.114. The van der Waals surface area contributed by atoms with Crippen LogP contribution in [0.2, 0.25) is 0 Å². The average Bonchev–Trinajstić information content (AvgIpc) is 2.48. The number of nitrogens with one attached hydrogen (secondary N) is 1. The zero-order valence-corrected chi connectivity index (χ0v) is 13.1. The van der Waals surface area contributed by atoms with Crippen molar-refractivity contribution in [2.24, 2.45) is 0 Å². The molecular weight excluding hydrogens is 248 g/mol. The lowest BCUT2D eigenvalue weighted by Crippen LogP contribution is -2.35. The number of piperidine rings is 1. The molecule has 2 rings (SSSR count). The number of likely N-dealkylation sites (tertiary alicyclic amines) is 1. The molecule has 1 aromatic carbocycles. The second kappa shape index (κ2) is 7.65. The molecule has 20 heavy (non-hydrogen) atoms. The molecule has 1 heterocycles. The van der Waals surface area contributed by atoms with Gasteiger partial charge in [-0.25, -0.2) is 0 Å². The third-order valence-corrected chi connectivity index (χ3v) is 4.05. The fourth-order valence-electron chi connectivity index (χ4n) is 2.61. The summed E-state index contributed by atoms with van der Waals surface area (Å²) in [6.07, 6.45) is 3.81. The summed E-state index contributed by atoms with van der Waals surface area (Å²) in [6.45, 7) is 7.75. The summed E-state index contributed by atoms with van der Waals surface area (Å²) in [5.74, 6) is 1.01. The molecular formula is C17H28N2O. The predicted molar refractivity (Wildman–Crippen MR) is 84.3 cm³/mol. The molecule has 0 aliphatic carbocycles. The zero-order chi connectivity index (χ0) is 14.4. The lowest BCUT2D eigenvalue weighted by atomic mass is 10.1. The van der Waals surface area contributed by atoms with Crippen molar-refractivity contribution in [3.63, 3.8) is 0 Å². The van der Waals surface area contributed by atoms with E-state index < -0.39 is 0 Å². The predicted octanol–water partition coefficient (Wildman–Crippen LogP) is 3.22. The van der Waals surface area contributed by atoms with E-state index in [2.05, 4.69) is 55.4 Å². The highest BCUT2D eigenvalue weighted by atomic mass is 16.5. The molecule has 0 saturated carbocycles. The van der Waals surface area contributed by atoms with Gasteiger partial charge < -0.3 is 15.0 Å². The van der Waals surface area contributed by atoms with Crippen molar-refractivity contribution >= 4 is 0 Å². The van der Waals surface area contributed by atoms with Gasteiger partial charge >= 0.3 is 0 Å². The van der Waals surface area contributed by atoms with Gasteiger partial charge in [0.2, 0.25) is 0 Å². The van der Waals surface area contributed by atoms with Crippen LogP contribution in [-0.4, -0.2) is 37.7 Å². The van der Waals surface area contributed by atoms with E-state index in [1.807, 2.05) is 0 Å². The Labute approximate surface area is 123 Å². The van der Waals surface area contributed by atoms with E-state index in [9.17, 15) is 0 Å². The van der Waals surface area contributed by atoms with Crippen LogP contribution in [-0.2, 0) is 0 Å². The van der Waals surface area contributed by atoms with Gasteiger partial charge in [-0.3, -0.25) is 0 Å². The van der Waals surface area contributed by atoms with Crippen LogP contribution in [0.5, 0.6) is 5.75 Å². The maximum absolute atomic E-state index is 6.07. The van der Waals surface area contributed by atoms with Gasteiger partial charge in [-0.1, -0.05) is 19.1 Å². The van der Waals surface area contributed by atoms with Crippen molar-refractivity contribution in [2.75, 3.05) is 26.7 Å². The van der Waals surface area contributed by atoms with Gasteiger partial charge in [0.15, 0.2) is 0 Å². The molecule has 1 unspecified atom stereocenters. The molecule has 3 nitrogen and oxygen atoms in total. The van der Waals surface area contributed by atoms with Gasteiger partial charge in [0.05, 0.1) is 0 Å². The monoisotopic (exact) mass is 276 g/mol. The molecule has 0 amide bonds. The van der Waals surface area contributed by atoms with Crippen LogP contribution in [0, 0.1) is 0 Å². The maximum Gasteiger partial charge on any atom is 0.119 e. The number of rotatable bonds is 6. The Bertz CT molecular complexity index is 382. The van der Waals surface area contributed by atoms with E-state index >= 15 is 0 Å². The van der Waals surface area contributed by atoms with E-state index in [1.165, 1.54) is 12.0 Å². The number of hydrogen-bond acceptors (Lipinski definition) is 3. The summed E-state index contributed by atoms with van der Waals surface area (Å²) >= 11 is 0. The number of ether oxygens (including phenoxy) is 1. The van der Waals surface area contributed by atoms with Crippen LogP contribution < -0.4 is 10.1 Å². The molecule has 0 aromatic heterocycles. The molecule has 0 spiro atoms. The van der Waals surface area contributed by atoms with Crippen LogP contribution in [0.4, 0.5) is 0 Å². The van der Waals surface area contributed by atoms with Crippen molar-refractivity contribution < 1.29 is 4.74 Å². The third kappa shape index (κ3) is 4.50. The number of hydrogen-bond donors (Lipinski definition) is 1. The van der Waals surface area contributed by atoms with Crippen molar-refractivity contribution in [3.05, 3.63) is 29.8 Å². The normalized spacial score (nSPS) is 18.9. The molecule has 0 bridgehead atoms. The van der Waals surface area contributed by atoms with Crippen molar-refractivity contribution in [3.8, 4) is 5.75 Å². The summed E-state index contributed by atoms with van der Waals surface area (Å²) in [7, 11) is 2.18. The zero-order valence-electron chi connectivity index (χ0n) is 13.1. The highest BCUT2D eigenvalue weighted by molar-refractivity contribution is 5.29. The standard InChI is InChI=1S/C17H28N2O/c1-4-11-18-14(2)15-5-7-16(8-6-15)20-17-9-12-19(3)13-10-17/h5-8,14,17-18H,4,9-13H2,1-3H3. The van der Waals surface area contributed by atoms with Crippen LogP contribution in [0.3, 0.4) is 0 Å². The van der Waals surface area contributed by atoms with Crippen molar-refractivity contribution in [1.29, 1.82) is 0 Å². The highest BCUT2D eigenvalue weighted by Crippen LogP contribution is 2.21. The Hall–Kier alpha value is -1.06. The summed E-state index contributed by atoms with van der Waals surface area (Å²) in [6, 6.07) is 8.98. The van der Waals surface area contributed by atoms with Crippen LogP contribution in [0.15, 0.2) is 24.3 Å². The van der Waals surface area contributed by atoms with E-state index in [4.69, 9.17) is 4.74 Å². The summed E-state index contributed by atoms with van der Waals surface area (Å²) in [4.78, 5) is 2.37. The molecule has 1 N–H and O–H groups in total. The Morgan fingerprint density at radius 2 is 1.90 bits per heavy atom. The van der Waals surface area contributed by atoms with E-state index in [1.54, 1.807) is 0 Å². The highest BCUT2D eigenvalue weighted by Gasteiger charge is 2.17. The Morgan fingerprint density at radius 3 is 2.50 bits per heavy atom. The smallest absolute Gasteiger partial charge is 0.119 e. The number of benzene rings is 1. The fraction of sp³-hybridized carbons (Fsp3) is 0.647. The Kier molecular flexibility index (Phi) is 5.86. The molecule has 1 aliphatic heterocycles. The van der Waals surface area contributed by atoms with Gasteiger partial charge in [-0.15, -0.1) is 0 Å². The third-order valence-electron chi connectivity index (χ3n) is 4.05. The largest absolute Gasteiger partial charge is 0.490 e. The molecule has 1 aromatic rings. The average molecular weight is 276 g/mol. The first-order chi connectivity index (χ1) is 9.69. The first kappa shape index (κ1) is 15.3. The maximum atomic E-state index is 6.07. The van der Waals surface area contributed by atoms with Crippen LogP contribution in [0.1, 0.15) is 44.7 Å². The Balaban J connectivity index is 1.85. The van der Waals surface area contributed by atoms with Crippen LogP contribution in [0.25, 0.3) is 0 Å². The summed E-state index contributed by atoms with van der Waals surface area (Å²) in [5.41, 5.74) is 1.33. The number of nitrogens with zero attached hydrogens (tertiary/aromatic N) is 1. The molecule has 1 atom stereocenters. The van der Waals surface area contributed by atoms with Gasteiger partial charge in [0.25, 0.3) is 0 Å². The molecule has 112 valence electrons. The second-order valence-electron chi connectivity index (χ2n) is 5.87. The van der Waals surface area contributed by atoms with E-state index in [-0.39, 0.29) is 0 Å². The van der Waals surface area contributed by atoms with Gasteiger partial charge in [0, 0.05) is 19.1 Å². The van der Waals surface area contributed by atoms with Gasteiger partial charge in [-0.2, -0.15) is 0 Å². The molecule has 0 radical (unpaired) electrons. The second-order valence-corrected chi connectivity index (χ2v) is 5.87. The summed E-state index contributed by atoms with van der Waals surface area (Å²) < 4.78 is 6.07. The minimum atomic E-state index is 0.382. The molecule has 1 aliphatic rings. The van der Waals surface area contributed by atoms with Gasteiger partial charge in [-0.05, 0) is 57.5 Å². The van der Waals surface area contributed by atoms with E-state index in [0.29, 0.717) is 12.1 Å². The molecule has 1 fully saturated rings. The SMILES string of the molecule is CCCNC(C)c1ccc(OC2CCN(C)CC2)cc1. The minimum absolute atomic E-state index is 0.382. The van der Waals surface area contributed by atoms with Crippen molar-refractivity contribution in [2.45, 2.75) is 45.3 Å². The Morgan fingerprint density at radius 1 is 1.25 bits per heavy atom. The summed E-state index contributed by atoms with van der Waals surface area (Å²) in [5, 5.41) is 3.51. The minimum Gasteiger partial charge on any atom is -0.490 e. The first-order valence-electron chi connectivity index (χ1n) is 7.87. The van der Waals surface area contributed by atoms with Crippen LogP contribution >= 0.6 is 0 Å². The van der Waals surface area contributed by atoms with Crippen molar-refractivity contribution in [1.82, 2.24) is 10.2 Å². The lowest BCUT2D eigenvalue weighted by Gasteiger charge is -2.29. The molecule has 1 saturated heterocycles. The van der Waals surface area contributed by atoms with E-state index in [0.717, 1.165) is 38.2 Å². The quantitative estimate of drug-likeness (QED) is 0.863.